The molecule has 0 radical (unpaired) electrons. The maximum absolute atomic E-state index is 11.7. The van der Waals surface area contributed by atoms with Gasteiger partial charge in [0.15, 0.2) is 5.78 Å². The van der Waals surface area contributed by atoms with Crippen LogP contribution in [0.3, 0.4) is 0 Å². The predicted molar refractivity (Wildman–Crippen MR) is 68.9 cm³/mol. The van der Waals surface area contributed by atoms with Crippen LogP contribution in [0, 0.1) is 0 Å². The summed E-state index contributed by atoms with van der Waals surface area (Å²) in [5.41, 5.74) is 1.50. The minimum Gasteiger partial charge on any atom is -0.379 e. The number of ketones is 1. The molecule has 1 aliphatic rings. The maximum atomic E-state index is 11.7. The molecule has 1 aliphatic heterocycles. The Kier molecular flexibility index (Phi) is 4.12. The lowest BCUT2D eigenvalue weighted by Crippen LogP contribution is -2.43. The monoisotopic (exact) mass is 244 g/mol. The molecule has 0 aromatic heterocycles. The molecule has 18 heavy (non-hydrogen) atoms. The number of carbonyl (C=O) groups is 2. The summed E-state index contributed by atoms with van der Waals surface area (Å²) in [6, 6.07) is 9.84. The molecule has 1 heterocycles. The van der Waals surface area contributed by atoms with Crippen molar-refractivity contribution in [3.8, 4) is 0 Å². The van der Waals surface area contributed by atoms with Gasteiger partial charge in [-0.25, -0.2) is 0 Å². The third-order valence-electron chi connectivity index (χ3n) is 2.78. The molecule has 1 amide bonds. The Balaban J connectivity index is 1.88. The zero-order valence-electron chi connectivity index (χ0n) is 10.1. The quantitative estimate of drug-likeness (QED) is 0.770. The van der Waals surface area contributed by atoms with E-state index in [1.165, 1.54) is 6.08 Å². The topological polar surface area (TPSA) is 58.2 Å². The predicted octanol–water partition coefficient (Wildman–Crippen LogP) is 0.792. The molecule has 1 aromatic rings. The largest absolute Gasteiger partial charge is 0.379 e. The fourth-order valence-electron chi connectivity index (χ4n) is 1.81. The van der Waals surface area contributed by atoms with Crippen LogP contribution in [-0.2, 0) is 16.0 Å². The average Bonchev–Trinajstić information content (AvgIpc) is 2.40. The minimum absolute atomic E-state index is 0.0293. The summed E-state index contributed by atoms with van der Waals surface area (Å²) in [6.45, 7) is 1.28. The second-order valence-corrected chi connectivity index (χ2v) is 4.19. The second kappa shape index (κ2) is 6.00. The van der Waals surface area contributed by atoms with Crippen LogP contribution in [0.2, 0.25) is 0 Å². The van der Waals surface area contributed by atoms with Gasteiger partial charge in [0.1, 0.15) is 5.70 Å². The number of hydrogen-bond donors (Lipinski definition) is 2. The van der Waals surface area contributed by atoms with Gasteiger partial charge >= 0.3 is 0 Å². The zero-order valence-corrected chi connectivity index (χ0v) is 10.1. The normalized spacial score (nSPS) is 17.1. The second-order valence-electron chi connectivity index (χ2n) is 4.19. The van der Waals surface area contributed by atoms with Crippen molar-refractivity contribution < 1.29 is 9.59 Å². The lowest BCUT2D eigenvalue weighted by atomic mass is 10.1. The minimum atomic E-state index is -0.200. The van der Waals surface area contributed by atoms with E-state index in [4.69, 9.17) is 0 Å². The van der Waals surface area contributed by atoms with Crippen molar-refractivity contribution in [2.45, 2.75) is 12.8 Å². The Bertz CT molecular complexity index is 466. The molecule has 0 bridgehead atoms. The fraction of sp³-hybridized carbons (Fsp3) is 0.286. The highest BCUT2D eigenvalue weighted by Crippen LogP contribution is 2.04. The molecule has 4 nitrogen and oxygen atoms in total. The molecule has 1 fully saturated rings. The van der Waals surface area contributed by atoms with Crippen LogP contribution in [0.4, 0.5) is 0 Å². The standard InChI is InChI=1S/C14H16N2O2/c17-12(7-6-11-4-2-1-3-5-11)10-13-14(18)16-9-8-15-13/h1-5,10,15H,6-9H2,(H,16,18). The van der Waals surface area contributed by atoms with Crippen LogP contribution in [0.15, 0.2) is 42.1 Å². The number of piperazine rings is 1. The molecule has 1 aromatic carbocycles. The molecule has 2 rings (SSSR count). The van der Waals surface area contributed by atoms with Crippen LogP contribution in [0.1, 0.15) is 12.0 Å². The van der Waals surface area contributed by atoms with Gasteiger partial charge < -0.3 is 10.6 Å². The Morgan fingerprint density at radius 3 is 2.61 bits per heavy atom. The lowest BCUT2D eigenvalue weighted by Gasteiger charge is -2.16. The Labute approximate surface area is 106 Å². The first-order chi connectivity index (χ1) is 8.75. The number of carbonyl (C=O) groups excluding carboxylic acids is 2. The number of rotatable bonds is 4. The van der Waals surface area contributed by atoms with Gasteiger partial charge in [0.25, 0.3) is 5.91 Å². The summed E-state index contributed by atoms with van der Waals surface area (Å²) in [6.07, 6.45) is 2.52. The molecule has 0 saturated carbocycles. The first-order valence-corrected chi connectivity index (χ1v) is 6.06. The van der Waals surface area contributed by atoms with E-state index in [0.717, 1.165) is 5.56 Å². The van der Waals surface area contributed by atoms with Crippen LogP contribution in [0.25, 0.3) is 0 Å². The van der Waals surface area contributed by atoms with Gasteiger partial charge in [-0.2, -0.15) is 0 Å². The molecule has 0 spiro atoms. The van der Waals surface area contributed by atoms with Gasteiger partial charge in [-0.1, -0.05) is 30.3 Å². The smallest absolute Gasteiger partial charge is 0.267 e. The molecular weight excluding hydrogens is 228 g/mol. The lowest BCUT2D eigenvalue weighted by molar-refractivity contribution is -0.119. The molecule has 0 aliphatic carbocycles. The summed E-state index contributed by atoms with van der Waals surface area (Å²) in [5.74, 6) is -0.229. The van der Waals surface area contributed by atoms with Crippen molar-refractivity contribution in [1.82, 2.24) is 10.6 Å². The molecule has 0 atom stereocenters. The van der Waals surface area contributed by atoms with E-state index in [-0.39, 0.29) is 11.7 Å². The number of benzene rings is 1. The van der Waals surface area contributed by atoms with E-state index in [1.54, 1.807) is 0 Å². The highest BCUT2D eigenvalue weighted by molar-refractivity contribution is 6.01. The Morgan fingerprint density at radius 2 is 1.89 bits per heavy atom. The first kappa shape index (κ1) is 12.4. The summed E-state index contributed by atoms with van der Waals surface area (Å²) < 4.78 is 0. The van der Waals surface area contributed by atoms with E-state index >= 15 is 0 Å². The van der Waals surface area contributed by atoms with E-state index < -0.39 is 0 Å². The molecule has 4 heteroatoms. The number of nitrogens with one attached hydrogen (secondary N) is 2. The Hall–Kier alpha value is -2.10. The molecule has 1 saturated heterocycles. The maximum Gasteiger partial charge on any atom is 0.267 e. The van der Waals surface area contributed by atoms with Crippen molar-refractivity contribution in [3.63, 3.8) is 0 Å². The summed E-state index contributed by atoms with van der Waals surface area (Å²) in [4.78, 5) is 23.1. The van der Waals surface area contributed by atoms with E-state index in [2.05, 4.69) is 10.6 Å². The van der Waals surface area contributed by atoms with E-state index in [9.17, 15) is 9.59 Å². The van der Waals surface area contributed by atoms with Crippen LogP contribution >= 0.6 is 0 Å². The molecule has 94 valence electrons. The molecular formula is C14H16N2O2. The SMILES string of the molecule is O=C(C=C1NCCNC1=O)CCc1ccccc1. The van der Waals surface area contributed by atoms with Crippen molar-refractivity contribution in [2.75, 3.05) is 13.1 Å². The zero-order chi connectivity index (χ0) is 12.8. The van der Waals surface area contributed by atoms with E-state index in [0.29, 0.717) is 31.6 Å². The van der Waals surface area contributed by atoms with Crippen LogP contribution in [-0.4, -0.2) is 24.8 Å². The number of allylic oxidation sites excluding steroid dienone is 1. The van der Waals surface area contributed by atoms with Crippen LogP contribution in [0.5, 0.6) is 0 Å². The van der Waals surface area contributed by atoms with Gasteiger partial charge in [-0.05, 0) is 12.0 Å². The van der Waals surface area contributed by atoms with Gasteiger partial charge in [-0.15, -0.1) is 0 Å². The van der Waals surface area contributed by atoms with E-state index in [1.807, 2.05) is 30.3 Å². The first-order valence-electron chi connectivity index (χ1n) is 6.06. The number of amides is 1. The van der Waals surface area contributed by atoms with Crippen molar-refractivity contribution in [3.05, 3.63) is 47.7 Å². The summed E-state index contributed by atoms with van der Waals surface area (Å²) in [7, 11) is 0. The number of aryl methyl sites for hydroxylation is 1. The summed E-state index contributed by atoms with van der Waals surface area (Å²) >= 11 is 0. The Morgan fingerprint density at radius 1 is 1.17 bits per heavy atom. The average molecular weight is 244 g/mol. The van der Waals surface area contributed by atoms with Crippen LogP contribution < -0.4 is 10.6 Å². The number of hydrogen-bond acceptors (Lipinski definition) is 3. The third kappa shape index (κ3) is 3.45. The van der Waals surface area contributed by atoms with Crippen molar-refractivity contribution in [2.24, 2.45) is 0 Å². The fourth-order valence-corrected chi connectivity index (χ4v) is 1.81. The summed E-state index contributed by atoms with van der Waals surface area (Å²) in [5, 5.41) is 5.62. The van der Waals surface area contributed by atoms with Crippen molar-refractivity contribution in [1.29, 1.82) is 0 Å². The highest BCUT2D eigenvalue weighted by atomic mass is 16.2. The van der Waals surface area contributed by atoms with Gasteiger partial charge in [0, 0.05) is 25.6 Å². The van der Waals surface area contributed by atoms with Gasteiger partial charge in [-0.3, -0.25) is 9.59 Å². The third-order valence-corrected chi connectivity index (χ3v) is 2.78. The molecule has 2 N–H and O–H groups in total. The van der Waals surface area contributed by atoms with Gasteiger partial charge in [0.05, 0.1) is 0 Å². The van der Waals surface area contributed by atoms with Crippen molar-refractivity contribution >= 4 is 11.7 Å². The molecule has 0 unspecified atom stereocenters. The highest BCUT2D eigenvalue weighted by Gasteiger charge is 2.14. The van der Waals surface area contributed by atoms with Gasteiger partial charge in [0.2, 0.25) is 0 Å².